The summed E-state index contributed by atoms with van der Waals surface area (Å²) in [6.07, 6.45) is 9.14. The number of carbonyl (C=O) groups excluding carboxylic acids is 4. The molecule has 1 saturated heterocycles. The first-order chi connectivity index (χ1) is 22.6. The normalized spacial score (nSPS) is 18.9. The third-order valence-electron chi connectivity index (χ3n) is 9.84. The molecular weight excluding hydrogens is 611 g/mol. The van der Waals surface area contributed by atoms with Crippen LogP contribution in [0.25, 0.3) is 0 Å². The number of hydrogen-bond donors (Lipinski definition) is 3. The van der Waals surface area contributed by atoms with Crippen LogP contribution in [0.1, 0.15) is 88.3 Å². The lowest BCUT2D eigenvalue weighted by Crippen LogP contribution is -2.55. The highest BCUT2D eigenvalue weighted by molar-refractivity contribution is 7.82. The fourth-order valence-corrected chi connectivity index (χ4v) is 7.10. The van der Waals surface area contributed by atoms with E-state index < -0.39 is 11.3 Å². The topological polar surface area (TPSA) is 105 Å². The highest BCUT2D eigenvalue weighted by atomic mass is 32.1. The zero-order valence-corrected chi connectivity index (χ0v) is 29.2. The molecule has 8 nitrogen and oxygen atoms in total. The Kier molecular flexibility index (Phi) is 14.2. The largest absolute Gasteiger partial charge is 0.494 e. The molecule has 4 atom stereocenters. The number of aryl methyl sites for hydroxylation is 2. The number of nitrogens with zero attached hydrogens (tertiary/aromatic N) is 1. The highest BCUT2D eigenvalue weighted by Gasteiger charge is 2.36. The third kappa shape index (κ3) is 11.1. The van der Waals surface area contributed by atoms with Gasteiger partial charge in [0, 0.05) is 31.5 Å². The number of benzene rings is 2. The van der Waals surface area contributed by atoms with Gasteiger partial charge in [-0.3, -0.25) is 19.2 Å². The van der Waals surface area contributed by atoms with E-state index in [0.717, 1.165) is 81.1 Å². The Morgan fingerprint density at radius 3 is 2.47 bits per heavy atom. The van der Waals surface area contributed by atoms with Crippen LogP contribution in [-0.2, 0) is 32.1 Å². The van der Waals surface area contributed by atoms with E-state index in [9.17, 15) is 19.2 Å². The number of amides is 3. The van der Waals surface area contributed by atoms with Crippen LogP contribution in [0.15, 0.2) is 48.5 Å². The van der Waals surface area contributed by atoms with Gasteiger partial charge in [0.1, 0.15) is 17.0 Å². The quantitative estimate of drug-likeness (QED) is 0.208. The maximum atomic E-state index is 13.4. The Morgan fingerprint density at radius 1 is 1.00 bits per heavy atom. The number of likely N-dealkylation sites (tertiary alicyclic amines) is 1. The van der Waals surface area contributed by atoms with Crippen molar-refractivity contribution < 1.29 is 23.9 Å². The number of carbonyl (C=O) groups is 4. The minimum atomic E-state index is -0.929. The number of nitrogens with one attached hydrogen (secondary N) is 2. The van der Waals surface area contributed by atoms with Crippen molar-refractivity contribution in [1.82, 2.24) is 15.5 Å². The van der Waals surface area contributed by atoms with E-state index >= 15 is 0 Å². The van der Waals surface area contributed by atoms with Gasteiger partial charge in [-0.05, 0) is 93.5 Å². The highest BCUT2D eigenvalue weighted by Crippen LogP contribution is 2.26. The number of ketones is 1. The zero-order chi connectivity index (χ0) is 33.8. The SMILES string of the molecule is CC(=O)[C@@H](NC(=O)C1CCCCC1)C(S)C(=O)N1CCCC(CCOc2ccc(C)c(CNC(=O)[C@@H](C)CCc3ccccc3)c2)C1. The van der Waals surface area contributed by atoms with Crippen LogP contribution in [0.5, 0.6) is 5.75 Å². The predicted molar refractivity (Wildman–Crippen MR) is 188 cm³/mol. The van der Waals surface area contributed by atoms with Crippen molar-refractivity contribution in [1.29, 1.82) is 0 Å². The van der Waals surface area contributed by atoms with Gasteiger partial charge in [0.05, 0.1) is 6.61 Å². The van der Waals surface area contributed by atoms with Crippen molar-refractivity contribution in [3.05, 3.63) is 65.2 Å². The van der Waals surface area contributed by atoms with Gasteiger partial charge in [-0.1, -0.05) is 62.6 Å². The summed E-state index contributed by atoms with van der Waals surface area (Å²) in [6, 6.07) is 15.3. The lowest BCUT2D eigenvalue weighted by molar-refractivity contribution is -0.136. The van der Waals surface area contributed by atoms with E-state index in [2.05, 4.69) is 35.4 Å². The van der Waals surface area contributed by atoms with Gasteiger partial charge in [-0.15, -0.1) is 0 Å². The van der Waals surface area contributed by atoms with Crippen LogP contribution < -0.4 is 15.4 Å². The number of thiol groups is 1. The van der Waals surface area contributed by atoms with Crippen molar-refractivity contribution in [3.63, 3.8) is 0 Å². The van der Waals surface area contributed by atoms with Crippen molar-refractivity contribution in [2.24, 2.45) is 17.8 Å². The van der Waals surface area contributed by atoms with Crippen molar-refractivity contribution in [2.45, 2.75) is 103 Å². The first-order valence-electron chi connectivity index (χ1n) is 17.4. The molecule has 3 amide bonds. The lowest BCUT2D eigenvalue weighted by Gasteiger charge is -2.35. The summed E-state index contributed by atoms with van der Waals surface area (Å²) in [5.41, 5.74) is 3.36. The van der Waals surface area contributed by atoms with Gasteiger partial charge in [0.15, 0.2) is 5.78 Å². The van der Waals surface area contributed by atoms with Crippen LogP contribution >= 0.6 is 12.6 Å². The minimum Gasteiger partial charge on any atom is -0.494 e. The fraction of sp³-hybridized carbons (Fsp3) is 0.579. The van der Waals surface area contributed by atoms with E-state index in [1.54, 1.807) is 4.90 Å². The number of piperidine rings is 1. The Morgan fingerprint density at radius 2 is 1.74 bits per heavy atom. The Hall–Kier alpha value is -3.33. The predicted octanol–water partition coefficient (Wildman–Crippen LogP) is 5.84. The molecule has 2 unspecified atom stereocenters. The summed E-state index contributed by atoms with van der Waals surface area (Å²) in [4.78, 5) is 53.3. The molecule has 2 aromatic carbocycles. The molecule has 256 valence electrons. The third-order valence-corrected chi connectivity index (χ3v) is 10.4. The van der Waals surface area contributed by atoms with E-state index in [4.69, 9.17) is 4.74 Å². The second kappa shape index (κ2) is 18.3. The molecule has 0 radical (unpaired) electrons. The summed E-state index contributed by atoms with van der Waals surface area (Å²) < 4.78 is 6.14. The second-order valence-electron chi connectivity index (χ2n) is 13.5. The molecule has 0 spiro atoms. The summed E-state index contributed by atoms with van der Waals surface area (Å²) in [7, 11) is 0. The summed E-state index contributed by atoms with van der Waals surface area (Å²) in [5.74, 6) is 0.303. The molecule has 1 saturated carbocycles. The average molecular weight is 664 g/mol. The molecule has 47 heavy (non-hydrogen) atoms. The molecule has 1 aliphatic heterocycles. The molecule has 2 fully saturated rings. The van der Waals surface area contributed by atoms with Crippen molar-refractivity contribution in [2.75, 3.05) is 19.7 Å². The monoisotopic (exact) mass is 663 g/mol. The van der Waals surface area contributed by atoms with E-state index in [1.807, 2.05) is 50.2 Å². The number of hydrogen-bond acceptors (Lipinski definition) is 6. The van der Waals surface area contributed by atoms with E-state index in [0.29, 0.717) is 26.2 Å². The van der Waals surface area contributed by atoms with Gasteiger partial charge < -0.3 is 20.3 Å². The summed E-state index contributed by atoms with van der Waals surface area (Å²) in [5, 5.41) is 5.04. The molecular formula is C38H53N3O5S. The van der Waals surface area contributed by atoms with Crippen LogP contribution in [0.3, 0.4) is 0 Å². The smallest absolute Gasteiger partial charge is 0.238 e. The van der Waals surface area contributed by atoms with Crippen molar-refractivity contribution in [3.8, 4) is 5.75 Å². The lowest BCUT2D eigenvalue weighted by atomic mass is 9.88. The molecule has 4 rings (SSSR count). The average Bonchev–Trinajstić information content (AvgIpc) is 3.09. The molecule has 2 N–H and O–H groups in total. The zero-order valence-electron chi connectivity index (χ0n) is 28.3. The van der Waals surface area contributed by atoms with Gasteiger partial charge in [0.2, 0.25) is 17.7 Å². The standard InChI is InChI=1S/C38H53N3O5S/c1-26-17-19-33(23-32(26)24-39-36(43)27(2)16-18-29-11-6-4-7-12-29)46-22-20-30-13-10-21-41(25-30)38(45)35(47)34(28(3)42)40-37(44)31-14-8-5-9-15-31/h4,6-7,11-12,17,19,23,27,30-31,34-35,47H,5,8-10,13-16,18,20-22,24-25H2,1-3H3,(H,39,43)(H,40,44)/t27-,30?,34+,35?/m0/s1. The molecule has 0 bridgehead atoms. The number of rotatable bonds is 15. The fourth-order valence-electron chi connectivity index (χ4n) is 6.66. The summed E-state index contributed by atoms with van der Waals surface area (Å²) in [6.45, 7) is 7.57. The molecule has 0 aromatic heterocycles. The van der Waals surface area contributed by atoms with Crippen LogP contribution in [-0.4, -0.2) is 59.4 Å². The van der Waals surface area contributed by atoms with E-state index in [-0.39, 0.29) is 41.3 Å². The summed E-state index contributed by atoms with van der Waals surface area (Å²) >= 11 is 4.56. The maximum absolute atomic E-state index is 13.4. The molecule has 9 heteroatoms. The molecule has 1 heterocycles. The van der Waals surface area contributed by atoms with Gasteiger partial charge in [0.25, 0.3) is 0 Å². The maximum Gasteiger partial charge on any atom is 0.238 e. The van der Waals surface area contributed by atoms with Crippen molar-refractivity contribution >= 4 is 36.1 Å². The Balaban J connectivity index is 1.22. The van der Waals surface area contributed by atoms with Gasteiger partial charge in [-0.2, -0.15) is 12.6 Å². The first kappa shape index (κ1) is 36.5. The molecule has 1 aliphatic carbocycles. The minimum absolute atomic E-state index is 0.0488. The Labute approximate surface area is 286 Å². The molecule has 2 aliphatic rings. The van der Waals surface area contributed by atoms with E-state index in [1.165, 1.54) is 12.5 Å². The molecule has 2 aromatic rings. The first-order valence-corrected chi connectivity index (χ1v) is 18.0. The van der Waals surface area contributed by atoms with Gasteiger partial charge in [-0.25, -0.2) is 0 Å². The number of ether oxygens (including phenoxy) is 1. The number of Topliss-reactive ketones (excluding diaryl/α,β-unsaturated/α-hetero) is 1. The Bertz CT molecular complexity index is 1350. The van der Waals surface area contributed by atoms with Crippen LogP contribution in [0, 0.1) is 24.7 Å². The van der Waals surface area contributed by atoms with Gasteiger partial charge >= 0.3 is 0 Å². The second-order valence-corrected chi connectivity index (χ2v) is 14.1. The van der Waals surface area contributed by atoms with Crippen LogP contribution in [0.2, 0.25) is 0 Å². The van der Waals surface area contributed by atoms with Crippen LogP contribution in [0.4, 0.5) is 0 Å².